The van der Waals surface area contributed by atoms with Crippen LogP contribution in [0.25, 0.3) is 6.08 Å². The number of aromatic nitrogens is 1. The molecule has 1 amide bonds. The topological polar surface area (TPSA) is 73.4 Å². The molecule has 56 heavy (non-hydrogen) atoms. The van der Waals surface area contributed by atoms with Crippen molar-refractivity contribution in [3.8, 4) is 28.9 Å². The van der Waals surface area contributed by atoms with Crippen LogP contribution in [0.3, 0.4) is 0 Å². The van der Waals surface area contributed by atoms with Crippen molar-refractivity contribution in [2.75, 3.05) is 39.4 Å². The van der Waals surface area contributed by atoms with Crippen molar-refractivity contribution in [1.29, 1.82) is 0 Å². The van der Waals surface area contributed by atoms with E-state index in [4.69, 9.17) is 30.5 Å². The average Bonchev–Trinajstić information content (AvgIpc) is 3.19. The third-order valence-electron chi connectivity index (χ3n) is 9.18. The molecule has 1 aliphatic heterocycles. The summed E-state index contributed by atoms with van der Waals surface area (Å²) < 4.78 is 61.4. The summed E-state index contributed by atoms with van der Waals surface area (Å²) in [5.41, 5.74) is 3.85. The van der Waals surface area contributed by atoms with Crippen LogP contribution >= 0.6 is 11.6 Å². The molecule has 1 saturated heterocycles. The molecule has 0 bridgehead atoms. The minimum Gasteiger partial charge on any atom is -0.494 e. The second kappa shape index (κ2) is 18.9. The minimum atomic E-state index is -4.39. The fraction of sp³-hybridized carbons (Fsp3) is 0.273. The third kappa shape index (κ3) is 11.5. The Bertz CT molecular complexity index is 2040. The summed E-state index contributed by atoms with van der Waals surface area (Å²) >= 11 is 6.59. The number of ether oxygens (including phenoxy) is 4. The lowest BCUT2D eigenvalue weighted by Gasteiger charge is -2.34. The standard InChI is InChI=1S/C44H43ClF3N3O5/c1-3-53-37-13-15-38(16-14-37)54-25-20-32-4-6-33(7-5-32)29-50-21-23-51(24-22-50)42(52)19-10-35-26-31(2)43(40(45)27-35)56-41-18-17-39(28-49-41)55-30-34-8-11-36(12-9-34)44(46,47)48/h4-19,26-28H,3,20-25,29-30H2,1-2H3/b19-10+. The predicted molar refractivity (Wildman–Crippen MR) is 210 cm³/mol. The number of piperazine rings is 1. The van der Waals surface area contributed by atoms with E-state index in [0.717, 1.165) is 60.8 Å². The zero-order valence-corrected chi connectivity index (χ0v) is 32.0. The Labute approximate surface area is 330 Å². The maximum Gasteiger partial charge on any atom is 0.416 e. The molecule has 6 rings (SSSR count). The summed E-state index contributed by atoms with van der Waals surface area (Å²) in [6, 6.07) is 28.0. The number of rotatable bonds is 15. The Morgan fingerprint density at radius 3 is 2.07 bits per heavy atom. The van der Waals surface area contributed by atoms with E-state index in [2.05, 4.69) is 34.1 Å². The number of benzene rings is 4. The summed E-state index contributed by atoms with van der Waals surface area (Å²) in [6.07, 6.45) is 1.22. The molecule has 1 aliphatic rings. The molecule has 0 aliphatic carbocycles. The van der Waals surface area contributed by atoms with Crippen LogP contribution in [0, 0.1) is 6.92 Å². The Balaban J connectivity index is 0.917. The van der Waals surface area contributed by atoms with Crippen LogP contribution in [-0.2, 0) is 30.5 Å². The highest BCUT2D eigenvalue weighted by molar-refractivity contribution is 6.32. The van der Waals surface area contributed by atoms with Gasteiger partial charge in [0.05, 0.1) is 30.0 Å². The quantitative estimate of drug-likeness (QED) is 0.0979. The lowest BCUT2D eigenvalue weighted by molar-refractivity contribution is -0.137. The zero-order chi connectivity index (χ0) is 39.5. The molecule has 2 heterocycles. The second-order valence-corrected chi connectivity index (χ2v) is 13.7. The van der Waals surface area contributed by atoms with Crippen LogP contribution in [0.2, 0.25) is 5.02 Å². The molecular weight excluding hydrogens is 743 g/mol. The van der Waals surface area contributed by atoms with E-state index in [1.165, 1.54) is 29.5 Å². The molecule has 1 fully saturated rings. The van der Waals surface area contributed by atoms with Gasteiger partial charge in [0.1, 0.15) is 23.9 Å². The van der Waals surface area contributed by atoms with Crippen LogP contribution in [-0.4, -0.2) is 60.1 Å². The first-order valence-electron chi connectivity index (χ1n) is 18.4. The number of halogens is 4. The number of hydrogen-bond donors (Lipinski definition) is 0. The van der Waals surface area contributed by atoms with Crippen molar-refractivity contribution >= 4 is 23.6 Å². The first-order chi connectivity index (χ1) is 27.0. The molecule has 0 unspecified atom stereocenters. The fourth-order valence-corrected chi connectivity index (χ4v) is 6.42. The molecular formula is C44H43ClF3N3O5. The Hall–Kier alpha value is -5.52. The van der Waals surface area contributed by atoms with Crippen molar-refractivity contribution < 1.29 is 36.9 Å². The van der Waals surface area contributed by atoms with Gasteiger partial charge in [-0.2, -0.15) is 13.2 Å². The van der Waals surface area contributed by atoms with Crippen molar-refractivity contribution in [1.82, 2.24) is 14.8 Å². The summed E-state index contributed by atoms with van der Waals surface area (Å²) in [6.45, 7) is 8.81. The maximum absolute atomic E-state index is 13.1. The lowest BCUT2D eigenvalue weighted by atomic mass is 10.1. The molecule has 1 aromatic heterocycles. The Morgan fingerprint density at radius 2 is 1.45 bits per heavy atom. The van der Waals surface area contributed by atoms with Crippen LogP contribution in [0.15, 0.2) is 109 Å². The summed E-state index contributed by atoms with van der Waals surface area (Å²) in [4.78, 5) is 21.6. The first kappa shape index (κ1) is 40.2. The minimum absolute atomic E-state index is 0.0552. The fourth-order valence-electron chi connectivity index (χ4n) is 6.11. The predicted octanol–water partition coefficient (Wildman–Crippen LogP) is 9.81. The lowest BCUT2D eigenvalue weighted by Crippen LogP contribution is -2.47. The monoisotopic (exact) mass is 785 g/mol. The normalized spacial score (nSPS) is 13.5. The van der Waals surface area contributed by atoms with Crippen molar-refractivity contribution in [2.45, 2.75) is 39.6 Å². The van der Waals surface area contributed by atoms with Crippen molar-refractivity contribution in [3.05, 3.63) is 148 Å². The number of pyridine rings is 1. The van der Waals surface area contributed by atoms with Gasteiger partial charge in [-0.15, -0.1) is 0 Å². The molecule has 5 aromatic rings. The molecule has 0 saturated carbocycles. The van der Waals surface area contributed by atoms with Crippen LogP contribution in [0.1, 0.15) is 40.3 Å². The number of nitrogens with zero attached hydrogens (tertiary/aromatic N) is 3. The van der Waals surface area contributed by atoms with E-state index in [1.54, 1.807) is 30.4 Å². The van der Waals surface area contributed by atoms with Crippen molar-refractivity contribution in [3.63, 3.8) is 0 Å². The van der Waals surface area contributed by atoms with Gasteiger partial charge < -0.3 is 23.8 Å². The highest BCUT2D eigenvalue weighted by Gasteiger charge is 2.30. The van der Waals surface area contributed by atoms with Gasteiger partial charge in [-0.1, -0.05) is 48.0 Å². The highest BCUT2D eigenvalue weighted by atomic mass is 35.5. The van der Waals surface area contributed by atoms with Gasteiger partial charge in [0.15, 0.2) is 5.75 Å². The number of aryl methyl sites for hydroxylation is 1. The van der Waals surface area contributed by atoms with Gasteiger partial charge in [-0.05, 0) is 102 Å². The van der Waals surface area contributed by atoms with E-state index in [0.29, 0.717) is 48.4 Å². The average molecular weight is 786 g/mol. The first-order valence-corrected chi connectivity index (χ1v) is 18.8. The zero-order valence-electron chi connectivity index (χ0n) is 31.2. The maximum atomic E-state index is 13.1. The number of hydrogen-bond acceptors (Lipinski definition) is 7. The van der Waals surface area contributed by atoms with Gasteiger partial charge in [0.2, 0.25) is 11.8 Å². The van der Waals surface area contributed by atoms with Gasteiger partial charge in [-0.3, -0.25) is 9.69 Å². The van der Waals surface area contributed by atoms with Gasteiger partial charge in [0.25, 0.3) is 0 Å². The number of alkyl halides is 3. The van der Waals surface area contributed by atoms with Gasteiger partial charge >= 0.3 is 6.18 Å². The van der Waals surface area contributed by atoms with Crippen molar-refractivity contribution in [2.24, 2.45) is 0 Å². The van der Waals surface area contributed by atoms with E-state index < -0.39 is 11.7 Å². The number of amides is 1. The van der Waals surface area contributed by atoms with E-state index in [-0.39, 0.29) is 18.4 Å². The molecule has 0 spiro atoms. The Kier molecular flexibility index (Phi) is 13.5. The molecule has 8 nitrogen and oxygen atoms in total. The Morgan fingerprint density at radius 1 is 0.804 bits per heavy atom. The summed E-state index contributed by atoms with van der Waals surface area (Å²) in [5, 5.41) is 0.362. The van der Waals surface area contributed by atoms with E-state index >= 15 is 0 Å². The van der Waals surface area contributed by atoms with E-state index in [9.17, 15) is 18.0 Å². The second-order valence-electron chi connectivity index (χ2n) is 13.3. The smallest absolute Gasteiger partial charge is 0.416 e. The molecule has 0 N–H and O–H groups in total. The molecule has 12 heteroatoms. The van der Waals surface area contributed by atoms with Crippen LogP contribution < -0.4 is 18.9 Å². The highest BCUT2D eigenvalue weighted by Crippen LogP contribution is 2.34. The molecule has 0 radical (unpaired) electrons. The molecule has 292 valence electrons. The van der Waals surface area contributed by atoms with Crippen LogP contribution in [0.4, 0.5) is 13.2 Å². The summed E-state index contributed by atoms with van der Waals surface area (Å²) in [5.74, 6) is 2.75. The van der Waals surface area contributed by atoms with Crippen LogP contribution in [0.5, 0.6) is 28.9 Å². The number of carbonyl (C=O) groups excluding carboxylic acids is 1. The van der Waals surface area contributed by atoms with Gasteiger partial charge in [-0.25, -0.2) is 4.98 Å². The SMILES string of the molecule is CCOc1ccc(OCCc2ccc(CN3CCN(C(=O)/C=C/c4cc(C)c(Oc5ccc(OCc6ccc(C(F)(F)F)cc6)cn5)c(Cl)c4)CC3)cc2)cc1. The molecule has 4 aromatic carbocycles. The summed E-state index contributed by atoms with van der Waals surface area (Å²) in [7, 11) is 0. The third-order valence-corrected chi connectivity index (χ3v) is 9.46. The molecule has 0 atom stereocenters. The van der Waals surface area contributed by atoms with Gasteiger partial charge in [0, 0.05) is 51.3 Å². The van der Waals surface area contributed by atoms with E-state index in [1.807, 2.05) is 49.1 Å². The largest absolute Gasteiger partial charge is 0.494 e. The number of carbonyl (C=O) groups is 1.